The van der Waals surface area contributed by atoms with Crippen molar-refractivity contribution in [2.45, 2.75) is 57.7 Å². The summed E-state index contributed by atoms with van der Waals surface area (Å²) < 4.78 is 0. The van der Waals surface area contributed by atoms with Crippen LogP contribution in [0.4, 0.5) is 0 Å². The fourth-order valence-electron chi connectivity index (χ4n) is 3.31. The maximum atomic E-state index is 4.64. The Morgan fingerprint density at radius 1 is 1.39 bits per heavy atom. The summed E-state index contributed by atoms with van der Waals surface area (Å²) in [7, 11) is 0. The molecule has 2 atom stereocenters. The van der Waals surface area contributed by atoms with Gasteiger partial charge in [-0.2, -0.15) is 0 Å². The predicted octanol–water partition coefficient (Wildman–Crippen LogP) is 2.42. The molecule has 4 heteroatoms. The van der Waals surface area contributed by atoms with Crippen LogP contribution in [-0.4, -0.2) is 35.1 Å². The number of nitrogens with one attached hydrogen (secondary N) is 1. The third kappa shape index (κ3) is 2.60. The third-order valence-electron chi connectivity index (χ3n) is 4.30. The number of rotatable bonds is 4. The molecule has 0 spiro atoms. The van der Waals surface area contributed by atoms with Crippen LogP contribution < -0.4 is 5.32 Å². The molecule has 1 N–H and O–H groups in total. The smallest absolute Gasteiger partial charge is 0.0926 e. The van der Waals surface area contributed by atoms with E-state index in [1.54, 1.807) is 11.3 Å². The van der Waals surface area contributed by atoms with Crippen molar-refractivity contribution in [1.82, 2.24) is 15.2 Å². The van der Waals surface area contributed by atoms with Crippen molar-refractivity contribution in [2.24, 2.45) is 0 Å². The second-order valence-electron chi connectivity index (χ2n) is 5.46. The molecule has 0 aliphatic carbocycles. The largest absolute Gasteiger partial charge is 0.307 e. The fourth-order valence-corrected chi connectivity index (χ4v) is 4.06. The SMILES string of the molecule is CCc1nc(CNC2CCN3CCCCC23)cs1. The molecule has 18 heavy (non-hydrogen) atoms. The number of aromatic nitrogens is 1. The van der Waals surface area contributed by atoms with Crippen LogP contribution in [0.25, 0.3) is 0 Å². The quantitative estimate of drug-likeness (QED) is 0.906. The van der Waals surface area contributed by atoms with Gasteiger partial charge in [0.15, 0.2) is 0 Å². The fraction of sp³-hybridized carbons (Fsp3) is 0.786. The lowest BCUT2D eigenvalue weighted by Crippen LogP contribution is -2.44. The molecule has 0 radical (unpaired) electrons. The van der Waals surface area contributed by atoms with Crippen LogP contribution in [0.2, 0.25) is 0 Å². The highest BCUT2D eigenvalue weighted by Crippen LogP contribution is 2.27. The van der Waals surface area contributed by atoms with Crippen molar-refractivity contribution >= 4 is 11.3 Å². The van der Waals surface area contributed by atoms with Gasteiger partial charge in [0.2, 0.25) is 0 Å². The van der Waals surface area contributed by atoms with E-state index in [-0.39, 0.29) is 0 Å². The Labute approximate surface area is 114 Å². The Bertz CT molecular complexity index is 390. The molecule has 100 valence electrons. The van der Waals surface area contributed by atoms with Gasteiger partial charge in [-0.15, -0.1) is 11.3 Å². The first kappa shape index (κ1) is 12.6. The minimum absolute atomic E-state index is 0.692. The lowest BCUT2D eigenvalue weighted by molar-refractivity contribution is 0.180. The van der Waals surface area contributed by atoms with Gasteiger partial charge in [0.25, 0.3) is 0 Å². The van der Waals surface area contributed by atoms with Crippen LogP contribution in [-0.2, 0) is 13.0 Å². The molecule has 0 amide bonds. The first-order valence-corrected chi connectivity index (χ1v) is 8.15. The Balaban J connectivity index is 1.53. The highest BCUT2D eigenvalue weighted by atomic mass is 32.1. The lowest BCUT2D eigenvalue weighted by atomic mass is 9.99. The molecule has 1 aromatic heterocycles. The van der Waals surface area contributed by atoms with Crippen LogP contribution >= 0.6 is 11.3 Å². The van der Waals surface area contributed by atoms with Gasteiger partial charge in [-0.05, 0) is 32.2 Å². The lowest BCUT2D eigenvalue weighted by Gasteiger charge is -2.32. The molecule has 1 aromatic rings. The first-order chi connectivity index (χ1) is 8.86. The summed E-state index contributed by atoms with van der Waals surface area (Å²) in [4.78, 5) is 7.32. The summed E-state index contributed by atoms with van der Waals surface area (Å²) in [6, 6.07) is 1.49. The molecule has 2 saturated heterocycles. The van der Waals surface area contributed by atoms with E-state index in [9.17, 15) is 0 Å². The van der Waals surface area contributed by atoms with E-state index in [0.29, 0.717) is 6.04 Å². The van der Waals surface area contributed by atoms with Gasteiger partial charge in [-0.25, -0.2) is 4.98 Å². The van der Waals surface area contributed by atoms with E-state index in [0.717, 1.165) is 19.0 Å². The maximum absolute atomic E-state index is 4.64. The number of piperidine rings is 1. The van der Waals surface area contributed by atoms with Crippen molar-refractivity contribution in [3.05, 3.63) is 16.1 Å². The van der Waals surface area contributed by atoms with Gasteiger partial charge in [0.1, 0.15) is 0 Å². The number of aryl methyl sites for hydroxylation is 1. The van der Waals surface area contributed by atoms with Gasteiger partial charge < -0.3 is 5.32 Å². The molecule has 2 fully saturated rings. The van der Waals surface area contributed by atoms with Crippen molar-refractivity contribution in [1.29, 1.82) is 0 Å². The Morgan fingerprint density at radius 3 is 3.17 bits per heavy atom. The Kier molecular flexibility index (Phi) is 3.97. The molecule has 0 saturated carbocycles. The van der Waals surface area contributed by atoms with Gasteiger partial charge in [0.05, 0.1) is 10.7 Å². The number of hydrogen-bond donors (Lipinski definition) is 1. The first-order valence-electron chi connectivity index (χ1n) is 7.27. The topological polar surface area (TPSA) is 28.2 Å². The van der Waals surface area contributed by atoms with Crippen molar-refractivity contribution in [2.75, 3.05) is 13.1 Å². The van der Waals surface area contributed by atoms with E-state index < -0.39 is 0 Å². The minimum atomic E-state index is 0.692. The van der Waals surface area contributed by atoms with E-state index in [2.05, 4.69) is 27.5 Å². The maximum Gasteiger partial charge on any atom is 0.0926 e. The molecule has 2 unspecified atom stereocenters. The monoisotopic (exact) mass is 265 g/mol. The number of nitrogens with zero attached hydrogens (tertiary/aromatic N) is 2. The zero-order valence-corrected chi connectivity index (χ0v) is 12.0. The standard InChI is InChI=1S/C14H23N3S/c1-2-14-16-11(10-18-14)9-15-12-6-8-17-7-4-3-5-13(12)17/h10,12-13,15H,2-9H2,1H3. The van der Waals surface area contributed by atoms with Gasteiger partial charge >= 0.3 is 0 Å². The van der Waals surface area contributed by atoms with Gasteiger partial charge in [0, 0.05) is 30.6 Å². The van der Waals surface area contributed by atoms with Crippen LogP contribution in [0.5, 0.6) is 0 Å². The summed E-state index contributed by atoms with van der Waals surface area (Å²) in [5.41, 5.74) is 1.23. The molecule has 0 aromatic carbocycles. The van der Waals surface area contributed by atoms with Crippen molar-refractivity contribution < 1.29 is 0 Å². The number of thiazole rings is 1. The van der Waals surface area contributed by atoms with E-state index in [4.69, 9.17) is 0 Å². The van der Waals surface area contributed by atoms with E-state index >= 15 is 0 Å². The second-order valence-corrected chi connectivity index (χ2v) is 6.40. The Morgan fingerprint density at radius 2 is 2.33 bits per heavy atom. The molecule has 2 aliphatic heterocycles. The molecular formula is C14H23N3S. The summed E-state index contributed by atoms with van der Waals surface area (Å²) >= 11 is 1.79. The highest BCUT2D eigenvalue weighted by Gasteiger charge is 2.34. The summed E-state index contributed by atoms with van der Waals surface area (Å²) in [6.45, 7) is 5.73. The van der Waals surface area contributed by atoms with E-state index in [1.165, 1.54) is 49.5 Å². The van der Waals surface area contributed by atoms with Crippen LogP contribution in [0.15, 0.2) is 5.38 Å². The normalized spacial score (nSPS) is 28.5. The molecule has 2 aliphatic rings. The summed E-state index contributed by atoms with van der Waals surface area (Å²) in [6.07, 6.45) is 6.57. The van der Waals surface area contributed by atoms with Gasteiger partial charge in [-0.1, -0.05) is 13.3 Å². The van der Waals surface area contributed by atoms with E-state index in [1.807, 2.05) is 0 Å². The Hall–Kier alpha value is -0.450. The van der Waals surface area contributed by atoms with Crippen LogP contribution in [0.1, 0.15) is 43.3 Å². The molecule has 0 bridgehead atoms. The zero-order valence-electron chi connectivity index (χ0n) is 11.2. The predicted molar refractivity (Wildman–Crippen MR) is 75.9 cm³/mol. The summed E-state index contributed by atoms with van der Waals surface area (Å²) in [5, 5.41) is 7.21. The van der Waals surface area contributed by atoms with Crippen molar-refractivity contribution in [3.63, 3.8) is 0 Å². The van der Waals surface area contributed by atoms with Crippen LogP contribution in [0.3, 0.4) is 0 Å². The molecule has 3 heterocycles. The average Bonchev–Trinajstić information content (AvgIpc) is 3.03. The van der Waals surface area contributed by atoms with Crippen molar-refractivity contribution in [3.8, 4) is 0 Å². The number of fused-ring (bicyclic) bond motifs is 1. The molecule has 3 nitrogen and oxygen atoms in total. The third-order valence-corrected chi connectivity index (χ3v) is 5.35. The average molecular weight is 265 g/mol. The minimum Gasteiger partial charge on any atom is -0.307 e. The molecular weight excluding hydrogens is 242 g/mol. The summed E-state index contributed by atoms with van der Waals surface area (Å²) in [5.74, 6) is 0. The molecule has 3 rings (SSSR count). The second kappa shape index (κ2) is 5.68. The van der Waals surface area contributed by atoms with Crippen LogP contribution in [0, 0.1) is 0 Å². The van der Waals surface area contributed by atoms with Gasteiger partial charge in [-0.3, -0.25) is 4.90 Å². The highest BCUT2D eigenvalue weighted by molar-refractivity contribution is 7.09. The zero-order chi connectivity index (χ0) is 12.4. The number of hydrogen-bond acceptors (Lipinski definition) is 4.